The fourth-order valence-electron chi connectivity index (χ4n) is 1.64. The number of carboxylic acids is 1. The van der Waals surface area contributed by atoms with Crippen LogP contribution in [0.5, 0.6) is 0 Å². The lowest BCUT2D eigenvalue weighted by Crippen LogP contribution is -2.47. The first-order valence-corrected chi connectivity index (χ1v) is 5.04. The van der Waals surface area contributed by atoms with Gasteiger partial charge in [-0.05, 0) is 12.8 Å². The second-order valence-electron chi connectivity index (χ2n) is 3.70. The summed E-state index contributed by atoms with van der Waals surface area (Å²) in [5, 5.41) is 10.8. The van der Waals surface area contributed by atoms with Gasteiger partial charge < -0.3 is 15.3 Å². The molecule has 1 fully saturated rings. The molecule has 1 heterocycles. The van der Waals surface area contributed by atoms with Gasteiger partial charge in [0, 0.05) is 13.1 Å². The molecular formula is C9H14F2N2O3. The first kappa shape index (κ1) is 12.7. The largest absolute Gasteiger partial charge is 0.481 e. The summed E-state index contributed by atoms with van der Waals surface area (Å²) in [5.74, 6) is -1.54. The van der Waals surface area contributed by atoms with Crippen LogP contribution in [0.1, 0.15) is 12.8 Å². The van der Waals surface area contributed by atoms with Crippen molar-refractivity contribution in [1.82, 2.24) is 10.2 Å². The number of carbonyl (C=O) groups is 2. The highest BCUT2D eigenvalue weighted by molar-refractivity contribution is 5.76. The Labute approximate surface area is 91.4 Å². The second-order valence-corrected chi connectivity index (χ2v) is 3.70. The maximum Gasteiger partial charge on any atom is 0.317 e. The summed E-state index contributed by atoms with van der Waals surface area (Å²) in [6.07, 6.45) is -1.49. The molecule has 7 heteroatoms. The Kier molecular flexibility index (Phi) is 4.45. The zero-order valence-electron chi connectivity index (χ0n) is 8.66. The van der Waals surface area contributed by atoms with E-state index in [2.05, 4.69) is 5.32 Å². The minimum atomic E-state index is -2.59. The summed E-state index contributed by atoms with van der Waals surface area (Å²) in [6, 6.07) is -0.619. The van der Waals surface area contributed by atoms with E-state index >= 15 is 0 Å². The van der Waals surface area contributed by atoms with Crippen LogP contribution in [-0.4, -0.2) is 48.1 Å². The molecule has 0 aliphatic carbocycles. The van der Waals surface area contributed by atoms with Crippen molar-refractivity contribution < 1.29 is 23.5 Å². The number of carboxylic acid groups (broad SMARTS) is 1. The van der Waals surface area contributed by atoms with Gasteiger partial charge in [-0.25, -0.2) is 13.6 Å². The highest BCUT2D eigenvalue weighted by atomic mass is 19.3. The molecule has 0 aromatic heterocycles. The molecule has 0 aromatic carbocycles. The Morgan fingerprint density at radius 1 is 1.50 bits per heavy atom. The summed E-state index contributed by atoms with van der Waals surface area (Å²) < 4.78 is 23.7. The molecule has 1 aliphatic heterocycles. The number of urea groups is 1. The fourth-order valence-corrected chi connectivity index (χ4v) is 1.64. The van der Waals surface area contributed by atoms with E-state index in [9.17, 15) is 18.4 Å². The van der Waals surface area contributed by atoms with Gasteiger partial charge in [0.2, 0.25) is 0 Å². The molecule has 1 atom stereocenters. The second kappa shape index (κ2) is 5.62. The minimum absolute atomic E-state index is 0.0877. The van der Waals surface area contributed by atoms with Gasteiger partial charge in [0.15, 0.2) is 0 Å². The van der Waals surface area contributed by atoms with Crippen molar-refractivity contribution >= 4 is 12.0 Å². The third-order valence-electron chi connectivity index (χ3n) is 2.47. The topological polar surface area (TPSA) is 69.6 Å². The number of alkyl halides is 2. The number of amides is 2. The molecular weight excluding hydrogens is 222 g/mol. The Morgan fingerprint density at radius 2 is 2.19 bits per heavy atom. The molecule has 0 radical (unpaired) electrons. The first-order chi connectivity index (χ1) is 7.50. The molecule has 1 saturated heterocycles. The van der Waals surface area contributed by atoms with Crippen LogP contribution in [0, 0.1) is 5.92 Å². The lowest BCUT2D eigenvalue weighted by molar-refractivity contribution is -0.143. The van der Waals surface area contributed by atoms with E-state index in [4.69, 9.17) is 5.11 Å². The van der Waals surface area contributed by atoms with Gasteiger partial charge in [-0.2, -0.15) is 0 Å². The predicted octanol–water partition coefficient (Wildman–Crippen LogP) is 0.758. The van der Waals surface area contributed by atoms with Crippen molar-refractivity contribution in [2.45, 2.75) is 19.3 Å². The highest BCUT2D eigenvalue weighted by Gasteiger charge is 2.28. The summed E-state index contributed by atoms with van der Waals surface area (Å²) in [6.45, 7) is -0.198. The summed E-state index contributed by atoms with van der Waals surface area (Å²) in [5.41, 5.74) is 0. The number of aliphatic carboxylic acids is 1. The molecule has 92 valence electrons. The van der Waals surface area contributed by atoms with E-state index in [-0.39, 0.29) is 6.54 Å². The van der Waals surface area contributed by atoms with Crippen LogP contribution in [0.25, 0.3) is 0 Å². The number of rotatable bonds is 3. The van der Waals surface area contributed by atoms with Crippen LogP contribution in [0.3, 0.4) is 0 Å². The van der Waals surface area contributed by atoms with Crippen molar-refractivity contribution in [3.8, 4) is 0 Å². The Hall–Kier alpha value is -1.40. The van der Waals surface area contributed by atoms with Gasteiger partial charge in [-0.3, -0.25) is 4.79 Å². The Bertz CT molecular complexity index is 273. The van der Waals surface area contributed by atoms with Crippen LogP contribution >= 0.6 is 0 Å². The summed E-state index contributed by atoms with van der Waals surface area (Å²) >= 11 is 0. The molecule has 0 aromatic rings. The van der Waals surface area contributed by atoms with Gasteiger partial charge in [-0.1, -0.05) is 0 Å². The van der Waals surface area contributed by atoms with E-state index in [1.54, 1.807) is 0 Å². The molecule has 2 amide bonds. The maximum atomic E-state index is 11.8. The average molecular weight is 236 g/mol. The molecule has 2 N–H and O–H groups in total. The Morgan fingerprint density at radius 3 is 2.75 bits per heavy atom. The van der Waals surface area contributed by atoms with Crippen molar-refractivity contribution in [3.63, 3.8) is 0 Å². The van der Waals surface area contributed by atoms with Crippen molar-refractivity contribution in [3.05, 3.63) is 0 Å². The molecule has 1 rings (SSSR count). The zero-order chi connectivity index (χ0) is 12.1. The monoisotopic (exact) mass is 236 g/mol. The predicted molar refractivity (Wildman–Crippen MR) is 51.3 cm³/mol. The number of nitrogens with one attached hydrogen (secondary N) is 1. The van der Waals surface area contributed by atoms with E-state index in [0.29, 0.717) is 19.4 Å². The third kappa shape index (κ3) is 3.63. The lowest BCUT2D eigenvalue weighted by atomic mass is 9.99. The molecule has 5 nitrogen and oxygen atoms in total. The van der Waals surface area contributed by atoms with Crippen LogP contribution in [0.15, 0.2) is 0 Å². The minimum Gasteiger partial charge on any atom is -0.481 e. The standard InChI is InChI=1S/C9H14F2N2O3/c10-7(11)4-12-9(16)13-3-1-2-6(5-13)8(14)15/h6-7H,1-5H2,(H,12,16)(H,14,15)/t6-/m0/s1. The van der Waals surface area contributed by atoms with Gasteiger partial charge in [0.25, 0.3) is 6.43 Å². The lowest BCUT2D eigenvalue weighted by Gasteiger charge is -2.30. The summed E-state index contributed by atoms with van der Waals surface area (Å²) in [7, 11) is 0. The van der Waals surface area contributed by atoms with E-state index in [1.165, 1.54) is 4.90 Å². The van der Waals surface area contributed by atoms with Gasteiger partial charge in [0.05, 0.1) is 12.5 Å². The quantitative estimate of drug-likeness (QED) is 0.760. The number of halogens is 2. The fraction of sp³-hybridized carbons (Fsp3) is 0.778. The van der Waals surface area contributed by atoms with Gasteiger partial charge in [-0.15, -0.1) is 0 Å². The molecule has 0 spiro atoms. The van der Waals surface area contributed by atoms with Crippen LogP contribution in [-0.2, 0) is 4.79 Å². The van der Waals surface area contributed by atoms with Crippen LogP contribution < -0.4 is 5.32 Å². The number of likely N-dealkylation sites (tertiary alicyclic amines) is 1. The molecule has 16 heavy (non-hydrogen) atoms. The molecule has 0 bridgehead atoms. The average Bonchev–Trinajstić information content (AvgIpc) is 2.26. The molecule has 0 saturated carbocycles. The Balaban J connectivity index is 2.41. The van der Waals surface area contributed by atoms with E-state index in [1.807, 2.05) is 0 Å². The SMILES string of the molecule is O=C(O)[C@H]1CCCN(C(=O)NCC(F)F)C1. The van der Waals surface area contributed by atoms with Crippen LogP contribution in [0.2, 0.25) is 0 Å². The maximum absolute atomic E-state index is 11.8. The number of piperidine rings is 1. The van der Waals surface area contributed by atoms with Crippen molar-refractivity contribution in [2.75, 3.05) is 19.6 Å². The van der Waals surface area contributed by atoms with Crippen LogP contribution in [0.4, 0.5) is 13.6 Å². The van der Waals surface area contributed by atoms with Gasteiger partial charge >= 0.3 is 12.0 Å². The van der Waals surface area contributed by atoms with Crippen molar-refractivity contribution in [1.29, 1.82) is 0 Å². The molecule has 0 unspecified atom stereocenters. The first-order valence-electron chi connectivity index (χ1n) is 5.04. The normalized spacial score (nSPS) is 20.9. The van der Waals surface area contributed by atoms with Gasteiger partial charge in [0.1, 0.15) is 0 Å². The smallest absolute Gasteiger partial charge is 0.317 e. The number of hydrogen-bond acceptors (Lipinski definition) is 2. The van der Waals surface area contributed by atoms with E-state index in [0.717, 1.165) is 0 Å². The summed E-state index contributed by atoms with van der Waals surface area (Å²) in [4.78, 5) is 23.3. The number of carbonyl (C=O) groups excluding carboxylic acids is 1. The highest BCUT2D eigenvalue weighted by Crippen LogP contribution is 2.16. The molecule has 1 aliphatic rings. The zero-order valence-corrected chi connectivity index (χ0v) is 8.66. The number of hydrogen-bond donors (Lipinski definition) is 2. The van der Waals surface area contributed by atoms with E-state index < -0.39 is 30.9 Å². The number of nitrogens with zero attached hydrogens (tertiary/aromatic N) is 1. The third-order valence-corrected chi connectivity index (χ3v) is 2.47. The van der Waals surface area contributed by atoms with Crippen molar-refractivity contribution in [2.24, 2.45) is 5.92 Å².